The second-order valence-electron chi connectivity index (χ2n) is 5.35. The van der Waals surface area contributed by atoms with E-state index in [1.807, 2.05) is 25.1 Å². The number of aliphatic hydroxyl groups excluding tert-OH is 1. The summed E-state index contributed by atoms with van der Waals surface area (Å²) < 4.78 is 5.72. The van der Waals surface area contributed by atoms with Gasteiger partial charge in [-0.05, 0) is 30.9 Å². The van der Waals surface area contributed by atoms with E-state index in [1.54, 1.807) is 0 Å². The van der Waals surface area contributed by atoms with Crippen molar-refractivity contribution in [3.05, 3.63) is 29.8 Å². The minimum Gasteiger partial charge on any atom is -0.491 e. The van der Waals surface area contributed by atoms with Crippen molar-refractivity contribution < 1.29 is 14.6 Å². The monoisotopic (exact) mass is 294 g/mol. The molecule has 0 spiro atoms. The number of rotatable bonds is 8. The van der Waals surface area contributed by atoms with Crippen LogP contribution in [-0.4, -0.2) is 36.9 Å². The third kappa shape index (κ3) is 6.49. The molecule has 0 aliphatic heterocycles. The smallest absolute Gasteiger partial charge is 0.315 e. The van der Waals surface area contributed by atoms with E-state index in [1.165, 1.54) is 5.56 Å². The SMILES string of the molecule is CC(C)c1ccccc1OCCNC(=O)N[C@H](C)CCO. The number of para-hydroxylation sites is 1. The summed E-state index contributed by atoms with van der Waals surface area (Å²) in [5, 5.41) is 14.2. The van der Waals surface area contributed by atoms with E-state index >= 15 is 0 Å². The van der Waals surface area contributed by atoms with Crippen LogP contribution >= 0.6 is 0 Å². The fraction of sp³-hybridized carbons (Fsp3) is 0.562. The van der Waals surface area contributed by atoms with E-state index in [9.17, 15) is 4.79 Å². The maximum Gasteiger partial charge on any atom is 0.315 e. The van der Waals surface area contributed by atoms with Gasteiger partial charge in [-0.3, -0.25) is 0 Å². The molecule has 0 aliphatic carbocycles. The van der Waals surface area contributed by atoms with Gasteiger partial charge >= 0.3 is 6.03 Å². The third-order valence-electron chi connectivity index (χ3n) is 3.13. The van der Waals surface area contributed by atoms with Crippen LogP contribution in [0.4, 0.5) is 4.79 Å². The third-order valence-corrected chi connectivity index (χ3v) is 3.13. The first-order valence-electron chi connectivity index (χ1n) is 7.41. The molecule has 0 aliphatic rings. The lowest BCUT2D eigenvalue weighted by molar-refractivity contribution is 0.227. The molecule has 2 amide bonds. The molecule has 5 heteroatoms. The van der Waals surface area contributed by atoms with Crippen LogP contribution in [0.15, 0.2) is 24.3 Å². The molecule has 0 heterocycles. The number of nitrogens with one attached hydrogen (secondary N) is 2. The highest BCUT2D eigenvalue weighted by molar-refractivity contribution is 5.74. The van der Waals surface area contributed by atoms with Gasteiger partial charge in [0.2, 0.25) is 0 Å². The maximum absolute atomic E-state index is 11.6. The van der Waals surface area contributed by atoms with Gasteiger partial charge in [-0.25, -0.2) is 4.79 Å². The topological polar surface area (TPSA) is 70.6 Å². The standard InChI is InChI=1S/C16H26N2O3/c1-12(2)14-6-4-5-7-15(14)21-11-9-17-16(20)18-13(3)8-10-19/h4-7,12-13,19H,8-11H2,1-3H3,(H2,17,18,20)/t13-/m1/s1. The molecule has 1 rings (SSSR count). The lowest BCUT2D eigenvalue weighted by Gasteiger charge is -2.15. The predicted octanol–water partition coefficient (Wildman–Crippen LogP) is 2.26. The molecular weight excluding hydrogens is 268 g/mol. The number of carbonyl (C=O) groups is 1. The second kappa shape index (κ2) is 9.23. The van der Waals surface area contributed by atoms with Crippen LogP contribution in [0.3, 0.4) is 0 Å². The van der Waals surface area contributed by atoms with Crippen molar-refractivity contribution in [2.75, 3.05) is 19.8 Å². The summed E-state index contributed by atoms with van der Waals surface area (Å²) in [6, 6.07) is 7.65. The zero-order valence-electron chi connectivity index (χ0n) is 13.1. The first-order chi connectivity index (χ1) is 10.0. The highest BCUT2D eigenvalue weighted by Gasteiger charge is 2.08. The molecular formula is C16H26N2O3. The van der Waals surface area contributed by atoms with Crippen LogP contribution in [0.2, 0.25) is 0 Å². The maximum atomic E-state index is 11.6. The van der Waals surface area contributed by atoms with E-state index in [-0.39, 0.29) is 18.7 Å². The fourth-order valence-electron chi connectivity index (χ4n) is 1.96. The van der Waals surface area contributed by atoms with E-state index in [0.29, 0.717) is 25.5 Å². The minimum atomic E-state index is -0.239. The Kier molecular flexibility index (Phi) is 7.61. The van der Waals surface area contributed by atoms with E-state index in [2.05, 4.69) is 30.5 Å². The summed E-state index contributed by atoms with van der Waals surface area (Å²) in [6.45, 7) is 7.02. The van der Waals surface area contributed by atoms with Crippen molar-refractivity contribution in [2.45, 2.75) is 39.2 Å². The first-order valence-corrected chi connectivity index (χ1v) is 7.41. The summed E-state index contributed by atoms with van der Waals surface area (Å²) in [5.41, 5.74) is 1.17. The molecule has 1 aromatic rings. The number of hydrogen-bond donors (Lipinski definition) is 3. The second-order valence-corrected chi connectivity index (χ2v) is 5.35. The number of benzene rings is 1. The van der Waals surface area contributed by atoms with Gasteiger partial charge in [-0.2, -0.15) is 0 Å². The highest BCUT2D eigenvalue weighted by Crippen LogP contribution is 2.25. The van der Waals surface area contributed by atoms with Gasteiger partial charge in [-0.15, -0.1) is 0 Å². The summed E-state index contributed by atoms with van der Waals surface area (Å²) in [5.74, 6) is 1.26. The molecule has 0 unspecified atom stereocenters. The highest BCUT2D eigenvalue weighted by atomic mass is 16.5. The van der Waals surface area contributed by atoms with Crippen molar-refractivity contribution >= 4 is 6.03 Å². The molecule has 0 aromatic heterocycles. The van der Waals surface area contributed by atoms with Crippen molar-refractivity contribution in [1.82, 2.24) is 10.6 Å². The first kappa shape index (κ1) is 17.3. The average molecular weight is 294 g/mol. The van der Waals surface area contributed by atoms with Gasteiger partial charge in [0.15, 0.2) is 0 Å². The van der Waals surface area contributed by atoms with Gasteiger partial charge in [0.1, 0.15) is 12.4 Å². The van der Waals surface area contributed by atoms with E-state index in [0.717, 1.165) is 5.75 Å². The number of aliphatic hydroxyl groups is 1. The van der Waals surface area contributed by atoms with Crippen LogP contribution in [0.5, 0.6) is 5.75 Å². The summed E-state index contributed by atoms with van der Waals surface area (Å²) in [4.78, 5) is 11.6. The molecule has 0 fully saturated rings. The molecule has 1 aromatic carbocycles. The van der Waals surface area contributed by atoms with Gasteiger partial charge in [0.05, 0.1) is 6.54 Å². The quantitative estimate of drug-likeness (QED) is 0.644. The Morgan fingerprint density at radius 2 is 2.00 bits per heavy atom. The molecule has 5 nitrogen and oxygen atoms in total. The van der Waals surface area contributed by atoms with Crippen molar-refractivity contribution in [2.24, 2.45) is 0 Å². The predicted molar refractivity (Wildman–Crippen MR) is 83.7 cm³/mol. The normalized spacial score (nSPS) is 12.0. The Morgan fingerprint density at radius 3 is 2.67 bits per heavy atom. The number of urea groups is 1. The number of hydrogen-bond acceptors (Lipinski definition) is 3. The van der Waals surface area contributed by atoms with Crippen LogP contribution in [0, 0.1) is 0 Å². The summed E-state index contributed by atoms with van der Waals surface area (Å²) >= 11 is 0. The van der Waals surface area contributed by atoms with E-state index < -0.39 is 0 Å². The summed E-state index contributed by atoms with van der Waals surface area (Å²) in [7, 11) is 0. The Balaban J connectivity index is 2.30. The molecule has 118 valence electrons. The van der Waals surface area contributed by atoms with Crippen LogP contribution in [0.1, 0.15) is 38.7 Å². The van der Waals surface area contributed by atoms with Crippen molar-refractivity contribution in [1.29, 1.82) is 0 Å². The van der Waals surface area contributed by atoms with E-state index in [4.69, 9.17) is 9.84 Å². The molecule has 0 radical (unpaired) electrons. The van der Waals surface area contributed by atoms with Gasteiger partial charge in [0, 0.05) is 12.6 Å². The Hall–Kier alpha value is -1.75. The molecule has 3 N–H and O–H groups in total. The molecule has 0 saturated heterocycles. The molecule has 0 saturated carbocycles. The fourth-order valence-corrected chi connectivity index (χ4v) is 1.96. The largest absolute Gasteiger partial charge is 0.491 e. The zero-order chi connectivity index (χ0) is 15.7. The zero-order valence-corrected chi connectivity index (χ0v) is 13.1. The molecule has 0 bridgehead atoms. The summed E-state index contributed by atoms with van der Waals surface area (Å²) in [6.07, 6.45) is 0.547. The Morgan fingerprint density at radius 1 is 1.29 bits per heavy atom. The Bertz CT molecular complexity index is 435. The van der Waals surface area contributed by atoms with Gasteiger partial charge in [0.25, 0.3) is 0 Å². The minimum absolute atomic E-state index is 0.0439. The van der Waals surface area contributed by atoms with Gasteiger partial charge in [-0.1, -0.05) is 32.0 Å². The van der Waals surface area contributed by atoms with Crippen LogP contribution in [-0.2, 0) is 0 Å². The molecule has 21 heavy (non-hydrogen) atoms. The van der Waals surface area contributed by atoms with Crippen molar-refractivity contribution in [3.8, 4) is 5.75 Å². The lowest BCUT2D eigenvalue weighted by Crippen LogP contribution is -2.42. The van der Waals surface area contributed by atoms with Crippen LogP contribution < -0.4 is 15.4 Å². The average Bonchev–Trinajstić information content (AvgIpc) is 2.44. The number of ether oxygens (including phenoxy) is 1. The van der Waals surface area contributed by atoms with Gasteiger partial charge < -0.3 is 20.5 Å². The number of amides is 2. The number of carbonyl (C=O) groups excluding carboxylic acids is 1. The Labute approximate surface area is 126 Å². The van der Waals surface area contributed by atoms with Crippen LogP contribution in [0.25, 0.3) is 0 Å². The van der Waals surface area contributed by atoms with Crippen molar-refractivity contribution in [3.63, 3.8) is 0 Å². The molecule has 1 atom stereocenters. The lowest BCUT2D eigenvalue weighted by atomic mass is 10.0.